The first-order valence-electron chi connectivity index (χ1n) is 8.29. The highest BCUT2D eigenvalue weighted by atomic mass is 32.1. The van der Waals surface area contributed by atoms with Crippen LogP contribution in [-0.4, -0.2) is 50.8 Å². The van der Waals surface area contributed by atoms with E-state index in [2.05, 4.69) is 19.2 Å². The minimum atomic E-state index is -0.409. The van der Waals surface area contributed by atoms with Gasteiger partial charge >= 0.3 is 5.97 Å². The molecule has 2 rings (SSSR count). The van der Waals surface area contributed by atoms with Crippen molar-refractivity contribution in [2.75, 3.05) is 32.1 Å². The van der Waals surface area contributed by atoms with Crippen LogP contribution in [0, 0.1) is 13.8 Å². The van der Waals surface area contributed by atoms with Gasteiger partial charge in [-0.15, -0.1) is 11.3 Å². The molecule has 134 valence electrons. The molecule has 1 saturated heterocycles. The van der Waals surface area contributed by atoms with Crippen LogP contribution >= 0.6 is 11.3 Å². The third-order valence-corrected chi connectivity index (χ3v) is 5.47. The molecule has 1 aromatic rings. The van der Waals surface area contributed by atoms with Gasteiger partial charge in [0.2, 0.25) is 5.91 Å². The summed E-state index contributed by atoms with van der Waals surface area (Å²) in [7, 11) is 1.35. The lowest BCUT2D eigenvalue weighted by molar-refractivity contribution is -0.914. The molecular weight excluding hydrogens is 328 g/mol. The lowest BCUT2D eigenvalue weighted by Gasteiger charge is -2.32. The van der Waals surface area contributed by atoms with Crippen LogP contribution in [0.1, 0.15) is 41.1 Å². The van der Waals surface area contributed by atoms with Crippen molar-refractivity contribution < 1.29 is 24.0 Å². The van der Waals surface area contributed by atoms with E-state index in [0.29, 0.717) is 17.0 Å². The number of hydrogen-bond acceptors (Lipinski definition) is 5. The number of carbonyl (C=O) groups is 2. The summed E-state index contributed by atoms with van der Waals surface area (Å²) in [5.41, 5.74) is 1.33. The number of hydrogen-bond donors (Lipinski definition) is 2. The van der Waals surface area contributed by atoms with Crippen LogP contribution in [0.2, 0.25) is 0 Å². The van der Waals surface area contributed by atoms with Crippen molar-refractivity contribution in [3.05, 3.63) is 16.0 Å². The van der Waals surface area contributed by atoms with Crippen molar-refractivity contribution in [1.82, 2.24) is 0 Å². The Morgan fingerprint density at radius 3 is 2.50 bits per heavy atom. The Morgan fingerprint density at radius 1 is 1.29 bits per heavy atom. The number of ether oxygens (including phenoxy) is 2. The summed E-state index contributed by atoms with van der Waals surface area (Å²) in [6.45, 7) is 10.5. The Balaban J connectivity index is 1.95. The standard InChI is InChI=1S/C17H26N2O4S/c1-10-8-19(9-11(2)23-10)7-6-14(20)18-16-15(17(21)22-5)12(3)13(4)24-16/h10-11H,6-9H2,1-5H3,(H,18,20)/p+1/t10-,11+. The predicted molar refractivity (Wildman–Crippen MR) is 94.0 cm³/mol. The van der Waals surface area contributed by atoms with E-state index in [-0.39, 0.29) is 18.1 Å². The molecule has 0 spiro atoms. The van der Waals surface area contributed by atoms with Crippen molar-refractivity contribution in [3.63, 3.8) is 0 Å². The van der Waals surface area contributed by atoms with Crippen molar-refractivity contribution in [3.8, 4) is 0 Å². The minimum Gasteiger partial charge on any atom is -0.465 e. The topological polar surface area (TPSA) is 69.1 Å². The second kappa shape index (κ2) is 8.09. The average Bonchev–Trinajstić information content (AvgIpc) is 2.78. The van der Waals surface area contributed by atoms with Gasteiger partial charge in [-0.3, -0.25) is 4.79 Å². The van der Waals surface area contributed by atoms with Crippen LogP contribution in [0.5, 0.6) is 0 Å². The number of anilines is 1. The molecule has 1 aliphatic rings. The molecule has 2 N–H and O–H groups in total. The molecule has 0 aliphatic carbocycles. The van der Waals surface area contributed by atoms with E-state index in [1.807, 2.05) is 13.8 Å². The number of amides is 1. The molecule has 1 unspecified atom stereocenters. The van der Waals surface area contributed by atoms with Gasteiger partial charge in [0.05, 0.1) is 25.6 Å². The van der Waals surface area contributed by atoms with Crippen LogP contribution in [-0.2, 0) is 14.3 Å². The Kier molecular flexibility index (Phi) is 6.37. The van der Waals surface area contributed by atoms with Crippen LogP contribution in [0.25, 0.3) is 0 Å². The average molecular weight is 355 g/mol. The molecule has 1 aliphatic heterocycles. The fourth-order valence-electron chi connectivity index (χ4n) is 3.14. The molecule has 7 heteroatoms. The number of carbonyl (C=O) groups excluding carboxylic acids is 2. The molecule has 6 nitrogen and oxygen atoms in total. The minimum absolute atomic E-state index is 0.0688. The zero-order valence-corrected chi connectivity index (χ0v) is 15.8. The lowest BCUT2D eigenvalue weighted by Crippen LogP contribution is -3.15. The fourth-order valence-corrected chi connectivity index (χ4v) is 4.20. The second-order valence-corrected chi connectivity index (χ2v) is 7.67. The molecular formula is C17H27N2O4S+. The van der Waals surface area contributed by atoms with Gasteiger partial charge in [0, 0.05) is 4.88 Å². The van der Waals surface area contributed by atoms with Gasteiger partial charge in [0.1, 0.15) is 30.3 Å². The quantitative estimate of drug-likeness (QED) is 0.778. The van der Waals surface area contributed by atoms with Gasteiger partial charge < -0.3 is 19.7 Å². The van der Waals surface area contributed by atoms with E-state index in [1.165, 1.54) is 23.3 Å². The summed E-state index contributed by atoms with van der Waals surface area (Å²) < 4.78 is 10.5. The summed E-state index contributed by atoms with van der Waals surface area (Å²) in [6.07, 6.45) is 0.867. The number of rotatable bonds is 5. The number of nitrogens with one attached hydrogen (secondary N) is 2. The Hall–Kier alpha value is -1.44. The monoisotopic (exact) mass is 355 g/mol. The van der Waals surface area contributed by atoms with Gasteiger partial charge in [0.15, 0.2) is 0 Å². The van der Waals surface area contributed by atoms with Gasteiger partial charge in [-0.25, -0.2) is 4.79 Å². The van der Waals surface area contributed by atoms with E-state index in [4.69, 9.17) is 9.47 Å². The Morgan fingerprint density at radius 2 is 1.92 bits per heavy atom. The molecule has 3 atom stereocenters. The zero-order chi connectivity index (χ0) is 17.9. The van der Waals surface area contributed by atoms with Crippen molar-refractivity contribution in [2.24, 2.45) is 0 Å². The van der Waals surface area contributed by atoms with E-state index >= 15 is 0 Å². The van der Waals surface area contributed by atoms with Crippen molar-refractivity contribution in [1.29, 1.82) is 0 Å². The van der Waals surface area contributed by atoms with E-state index < -0.39 is 5.97 Å². The van der Waals surface area contributed by atoms with Crippen LogP contribution in [0.3, 0.4) is 0 Å². The zero-order valence-electron chi connectivity index (χ0n) is 15.0. The summed E-state index contributed by atoms with van der Waals surface area (Å²) in [6, 6.07) is 0. The first kappa shape index (κ1) is 18.9. The lowest BCUT2D eigenvalue weighted by atomic mass is 10.1. The molecule has 1 aromatic heterocycles. The maximum atomic E-state index is 12.3. The molecule has 1 fully saturated rings. The van der Waals surface area contributed by atoms with Gasteiger partial charge in [0.25, 0.3) is 0 Å². The molecule has 2 heterocycles. The molecule has 0 radical (unpaired) electrons. The van der Waals surface area contributed by atoms with Crippen LogP contribution < -0.4 is 10.2 Å². The van der Waals surface area contributed by atoms with E-state index in [0.717, 1.165) is 30.1 Å². The highest BCUT2D eigenvalue weighted by Crippen LogP contribution is 2.32. The van der Waals surface area contributed by atoms with E-state index in [1.54, 1.807) is 0 Å². The van der Waals surface area contributed by atoms with Gasteiger partial charge in [-0.05, 0) is 33.3 Å². The van der Waals surface area contributed by atoms with Crippen LogP contribution in [0.4, 0.5) is 5.00 Å². The summed E-state index contributed by atoms with van der Waals surface area (Å²) in [5, 5.41) is 3.47. The first-order valence-corrected chi connectivity index (χ1v) is 9.10. The van der Waals surface area contributed by atoms with Gasteiger partial charge in [-0.2, -0.15) is 0 Å². The molecule has 24 heavy (non-hydrogen) atoms. The fraction of sp³-hybridized carbons (Fsp3) is 0.647. The number of thiophene rings is 1. The number of morpholine rings is 1. The van der Waals surface area contributed by atoms with Crippen molar-refractivity contribution >= 4 is 28.2 Å². The summed E-state index contributed by atoms with van der Waals surface area (Å²) in [5.74, 6) is -0.477. The summed E-state index contributed by atoms with van der Waals surface area (Å²) >= 11 is 1.42. The SMILES string of the molecule is COC(=O)c1c(NC(=O)CC[NH+]2C[C@@H](C)O[C@@H](C)C2)sc(C)c1C. The van der Waals surface area contributed by atoms with Crippen molar-refractivity contribution in [2.45, 2.75) is 46.3 Å². The molecule has 0 saturated carbocycles. The normalized spacial score (nSPS) is 23.8. The van der Waals surface area contributed by atoms with Gasteiger partial charge in [-0.1, -0.05) is 0 Å². The van der Waals surface area contributed by atoms with Crippen LogP contribution in [0.15, 0.2) is 0 Å². The molecule has 0 bridgehead atoms. The Bertz CT molecular complexity index is 604. The number of aryl methyl sites for hydroxylation is 1. The molecule has 1 amide bonds. The Labute approximate surface area is 147 Å². The largest absolute Gasteiger partial charge is 0.465 e. The smallest absolute Gasteiger partial charge is 0.341 e. The third kappa shape index (κ3) is 4.55. The first-order chi connectivity index (χ1) is 11.3. The predicted octanol–water partition coefficient (Wildman–Crippen LogP) is 1.17. The highest BCUT2D eigenvalue weighted by molar-refractivity contribution is 7.16. The number of quaternary nitrogens is 1. The third-order valence-electron chi connectivity index (χ3n) is 4.35. The maximum Gasteiger partial charge on any atom is 0.341 e. The molecule has 0 aromatic carbocycles. The number of esters is 1. The maximum absolute atomic E-state index is 12.3. The van der Waals surface area contributed by atoms with E-state index in [9.17, 15) is 9.59 Å². The highest BCUT2D eigenvalue weighted by Gasteiger charge is 2.26. The summed E-state index contributed by atoms with van der Waals surface area (Å²) in [4.78, 5) is 26.6. The number of methoxy groups -OCH3 is 1. The second-order valence-electron chi connectivity index (χ2n) is 6.44.